The lowest BCUT2D eigenvalue weighted by Crippen LogP contribution is -2.34. The standard InChI is InChI=1S/C22H26N2O5/c1-5-17(23)22(26)24-18-11-14(8-9-19(18)27-2)6-7-15-10-16(13-25)21(29-4)20(12-15)28-3/h6-13,17H,5,23H2,1-4H3,(H,24,26)/b7-6-. The molecule has 0 aliphatic carbocycles. The molecule has 2 rings (SSSR count). The fourth-order valence-corrected chi connectivity index (χ4v) is 2.73. The molecule has 7 heteroatoms. The average Bonchev–Trinajstić information content (AvgIpc) is 2.76. The lowest BCUT2D eigenvalue weighted by Gasteiger charge is -2.14. The topological polar surface area (TPSA) is 99.9 Å². The summed E-state index contributed by atoms with van der Waals surface area (Å²) in [5.41, 5.74) is 8.30. The summed E-state index contributed by atoms with van der Waals surface area (Å²) in [7, 11) is 4.53. The van der Waals surface area contributed by atoms with Gasteiger partial charge in [-0.05, 0) is 41.8 Å². The van der Waals surface area contributed by atoms with Crippen LogP contribution in [0.1, 0.15) is 34.8 Å². The second kappa shape index (κ2) is 10.3. The number of rotatable bonds is 9. The number of carbonyl (C=O) groups is 2. The van der Waals surface area contributed by atoms with E-state index in [4.69, 9.17) is 19.9 Å². The van der Waals surface area contributed by atoms with Gasteiger partial charge in [-0.25, -0.2) is 0 Å². The second-order valence-corrected chi connectivity index (χ2v) is 6.26. The van der Waals surface area contributed by atoms with E-state index >= 15 is 0 Å². The zero-order chi connectivity index (χ0) is 21.4. The minimum atomic E-state index is -0.590. The molecule has 1 amide bonds. The number of nitrogens with one attached hydrogen (secondary N) is 1. The smallest absolute Gasteiger partial charge is 0.241 e. The molecule has 0 heterocycles. The summed E-state index contributed by atoms with van der Waals surface area (Å²) in [6.07, 6.45) is 4.94. The van der Waals surface area contributed by atoms with Gasteiger partial charge in [0.25, 0.3) is 0 Å². The number of hydrogen-bond acceptors (Lipinski definition) is 6. The maximum Gasteiger partial charge on any atom is 0.241 e. The number of anilines is 1. The molecule has 0 saturated carbocycles. The van der Waals surface area contributed by atoms with Crippen molar-refractivity contribution in [2.45, 2.75) is 19.4 Å². The molecule has 0 fully saturated rings. The molecule has 0 saturated heterocycles. The first-order valence-corrected chi connectivity index (χ1v) is 9.11. The van der Waals surface area contributed by atoms with Crippen LogP contribution in [0.4, 0.5) is 5.69 Å². The molecular weight excluding hydrogens is 372 g/mol. The van der Waals surface area contributed by atoms with Gasteiger partial charge >= 0.3 is 0 Å². The summed E-state index contributed by atoms with van der Waals surface area (Å²) in [6.45, 7) is 1.84. The van der Waals surface area contributed by atoms with E-state index in [2.05, 4.69) is 5.32 Å². The Morgan fingerprint density at radius 1 is 1.03 bits per heavy atom. The minimum absolute atomic E-state index is 0.276. The monoisotopic (exact) mass is 398 g/mol. The molecule has 0 bridgehead atoms. The Morgan fingerprint density at radius 3 is 2.31 bits per heavy atom. The van der Waals surface area contributed by atoms with Crippen molar-refractivity contribution >= 4 is 30.0 Å². The summed E-state index contributed by atoms with van der Waals surface area (Å²) in [4.78, 5) is 23.5. The van der Waals surface area contributed by atoms with Gasteiger partial charge in [0.15, 0.2) is 17.8 Å². The quantitative estimate of drug-likeness (QED) is 0.496. The molecule has 0 radical (unpaired) electrons. The average molecular weight is 398 g/mol. The molecule has 0 aromatic heterocycles. The van der Waals surface area contributed by atoms with Crippen molar-refractivity contribution in [3.05, 3.63) is 47.0 Å². The van der Waals surface area contributed by atoms with Gasteiger partial charge in [0.1, 0.15) is 5.75 Å². The molecule has 2 aromatic carbocycles. The van der Waals surface area contributed by atoms with Crippen molar-refractivity contribution in [1.29, 1.82) is 0 Å². The van der Waals surface area contributed by atoms with Crippen LogP contribution in [-0.2, 0) is 4.79 Å². The summed E-state index contributed by atoms with van der Waals surface area (Å²) in [5, 5.41) is 2.80. The number of benzene rings is 2. The number of nitrogens with two attached hydrogens (primary N) is 1. The molecule has 2 aromatic rings. The molecule has 154 valence electrons. The maximum absolute atomic E-state index is 12.1. The second-order valence-electron chi connectivity index (χ2n) is 6.26. The van der Waals surface area contributed by atoms with Crippen LogP contribution in [0.25, 0.3) is 12.2 Å². The molecule has 7 nitrogen and oxygen atoms in total. The number of aldehydes is 1. The minimum Gasteiger partial charge on any atom is -0.495 e. The molecule has 1 unspecified atom stereocenters. The van der Waals surface area contributed by atoms with Gasteiger partial charge in [-0.2, -0.15) is 0 Å². The summed E-state index contributed by atoms with van der Waals surface area (Å²) in [5.74, 6) is 1.12. The van der Waals surface area contributed by atoms with E-state index in [1.165, 1.54) is 21.3 Å². The first-order chi connectivity index (χ1) is 14.0. The van der Waals surface area contributed by atoms with Gasteiger partial charge in [0.2, 0.25) is 5.91 Å². The fourth-order valence-electron chi connectivity index (χ4n) is 2.73. The van der Waals surface area contributed by atoms with Crippen molar-refractivity contribution in [3.63, 3.8) is 0 Å². The lowest BCUT2D eigenvalue weighted by atomic mass is 10.1. The van der Waals surface area contributed by atoms with E-state index in [1.54, 1.807) is 24.3 Å². The largest absolute Gasteiger partial charge is 0.495 e. The number of amides is 1. The number of carbonyl (C=O) groups excluding carboxylic acids is 2. The lowest BCUT2D eigenvalue weighted by molar-refractivity contribution is -0.117. The Morgan fingerprint density at radius 2 is 1.72 bits per heavy atom. The highest BCUT2D eigenvalue weighted by Crippen LogP contribution is 2.32. The van der Waals surface area contributed by atoms with Crippen molar-refractivity contribution in [2.24, 2.45) is 5.73 Å². The Bertz CT molecular complexity index is 908. The van der Waals surface area contributed by atoms with Gasteiger partial charge in [-0.3, -0.25) is 9.59 Å². The van der Waals surface area contributed by atoms with Crippen LogP contribution in [0.15, 0.2) is 30.3 Å². The summed E-state index contributed by atoms with van der Waals surface area (Å²) in [6, 6.07) is 8.29. The van der Waals surface area contributed by atoms with E-state index in [0.717, 1.165) is 17.4 Å². The van der Waals surface area contributed by atoms with Crippen molar-refractivity contribution in [3.8, 4) is 17.2 Å². The van der Waals surface area contributed by atoms with Crippen molar-refractivity contribution in [1.82, 2.24) is 0 Å². The van der Waals surface area contributed by atoms with E-state index in [-0.39, 0.29) is 5.91 Å². The van der Waals surface area contributed by atoms with Gasteiger partial charge in [0.05, 0.1) is 38.6 Å². The first-order valence-electron chi connectivity index (χ1n) is 9.11. The molecule has 29 heavy (non-hydrogen) atoms. The van der Waals surface area contributed by atoms with E-state index in [9.17, 15) is 9.59 Å². The Hall–Kier alpha value is -3.32. The third kappa shape index (κ3) is 5.36. The molecule has 0 spiro atoms. The molecular formula is C22H26N2O5. The van der Waals surface area contributed by atoms with Crippen LogP contribution in [0.5, 0.6) is 17.2 Å². The highest BCUT2D eigenvalue weighted by molar-refractivity contribution is 5.96. The number of ether oxygens (including phenoxy) is 3. The molecule has 1 atom stereocenters. The van der Waals surface area contributed by atoms with Crippen LogP contribution >= 0.6 is 0 Å². The Balaban J connectivity index is 2.34. The number of hydrogen-bond donors (Lipinski definition) is 2. The molecule has 3 N–H and O–H groups in total. The SMILES string of the molecule is CCC(N)C(=O)Nc1cc(/C=C\c2cc(C=O)c(OC)c(OC)c2)ccc1OC. The van der Waals surface area contributed by atoms with Crippen LogP contribution in [0.2, 0.25) is 0 Å². The first kappa shape index (κ1) is 22.0. The maximum atomic E-state index is 12.1. The molecule has 0 aliphatic rings. The Kier molecular flexibility index (Phi) is 7.79. The number of methoxy groups -OCH3 is 3. The highest BCUT2D eigenvalue weighted by Gasteiger charge is 2.14. The van der Waals surface area contributed by atoms with Crippen LogP contribution in [-0.4, -0.2) is 39.6 Å². The van der Waals surface area contributed by atoms with E-state index in [0.29, 0.717) is 34.9 Å². The summed E-state index contributed by atoms with van der Waals surface area (Å²) >= 11 is 0. The highest BCUT2D eigenvalue weighted by atomic mass is 16.5. The van der Waals surface area contributed by atoms with Crippen LogP contribution in [0, 0.1) is 0 Å². The van der Waals surface area contributed by atoms with Crippen LogP contribution < -0.4 is 25.3 Å². The van der Waals surface area contributed by atoms with Gasteiger partial charge < -0.3 is 25.3 Å². The normalized spacial score (nSPS) is 11.8. The molecule has 0 aliphatic heterocycles. The predicted molar refractivity (Wildman–Crippen MR) is 114 cm³/mol. The van der Waals surface area contributed by atoms with Crippen molar-refractivity contribution < 1.29 is 23.8 Å². The van der Waals surface area contributed by atoms with E-state index in [1.807, 2.05) is 25.1 Å². The summed E-state index contributed by atoms with van der Waals surface area (Å²) < 4.78 is 15.9. The van der Waals surface area contributed by atoms with E-state index < -0.39 is 6.04 Å². The Labute approximate surface area is 170 Å². The van der Waals surface area contributed by atoms with Gasteiger partial charge in [-0.1, -0.05) is 25.1 Å². The van der Waals surface area contributed by atoms with Crippen molar-refractivity contribution in [2.75, 3.05) is 26.6 Å². The van der Waals surface area contributed by atoms with Gasteiger partial charge in [-0.15, -0.1) is 0 Å². The fraction of sp³-hybridized carbons (Fsp3) is 0.273. The zero-order valence-electron chi connectivity index (χ0n) is 17.0. The predicted octanol–water partition coefficient (Wildman–Crippen LogP) is 3.37. The third-order valence-corrected chi connectivity index (χ3v) is 4.38. The van der Waals surface area contributed by atoms with Crippen LogP contribution in [0.3, 0.4) is 0 Å². The third-order valence-electron chi connectivity index (χ3n) is 4.38. The zero-order valence-corrected chi connectivity index (χ0v) is 17.0. The van der Waals surface area contributed by atoms with Gasteiger partial charge in [0, 0.05) is 0 Å².